The van der Waals surface area contributed by atoms with Gasteiger partial charge in [0.15, 0.2) is 6.61 Å². The molecule has 0 saturated carbocycles. The molecule has 6 bridgehead atoms. The molecule has 1 aromatic heterocycles. The molecule has 1 amide bonds. The lowest BCUT2D eigenvalue weighted by molar-refractivity contribution is -0.154. The minimum Gasteiger partial charge on any atom is -0.494 e. The quantitative estimate of drug-likeness (QED) is 0.278. The second-order valence-electron chi connectivity index (χ2n) is 11.3. The Morgan fingerprint density at radius 2 is 1.65 bits per heavy atom. The molecule has 1 fully saturated rings. The number of hydrogen-bond donors (Lipinski definition) is 4. The maximum absolute atomic E-state index is 13.3. The summed E-state index contributed by atoms with van der Waals surface area (Å²) in [5.74, 6) is 0.873. The van der Waals surface area contributed by atoms with Gasteiger partial charge >= 0.3 is 12.2 Å². The molecule has 6 rings (SSSR count). The Hall–Kier alpha value is -4.33. The van der Waals surface area contributed by atoms with Crippen LogP contribution in [0.15, 0.2) is 42.5 Å². The van der Waals surface area contributed by atoms with Crippen LogP contribution >= 0.6 is 0 Å². The van der Waals surface area contributed by atoms with E-state index >= 15 is 0 Å². The van der Waals surface area contributed by atoms with Crippen LogP contribution in [0, 0.1) is 0 Å². The molecular weight excluding hydrogens is 603 g/mol. The van der Waals surface area contributed by atoms with Gasteiger partial charge in [0.05, 0.1) is 18.8 Å². The fraction of sp³-hybridized carbons (Fsp3) is 0.500. The van der Waals surface area contributed by atoms with E-state index in [1.165, 1.54) is 0 Å². The maximum atomic E-state index is 13.3. The number of benzene rings is 2. The van der Waals surface area contributed by atoms with Crippen molar-refractivity contribution in [3.05, 3.63) is 53.6 Å². The average molecular weight is 644 g/mol. The number of rotatable bonds is 4. The first-order chi connectivity index (χ1) is 22.3. The third kappa shape index (κ3) is 10.6. The Morgan fingerprint density at radius 3 is 2.39 bits per heavy atom. The standard InChI is InChI=1S/C32H40F3N7O4/c33-32(34,35)21-46-31-41-29-37-19-22-9-12-25(13-10-22)44-16-5-3-1-2-4-6-17-45-27-18-23(39-30(40-29)42-31)11-14-26(27)28(43)38-24-8-7-15-36-20-24/h9-14,18,24,36H,1-8,15-17,19-21H2,(H,38,43)(H2,37,39,40,41,42). The van der Waals surface area contributed by atoms with Crippen molar-refractivity contribution in [3.63, 3.8) is 0 Å². The van der Waals surface area contributed by atoms with Crippen LogP contribution in [0.25, 0.3) is 0 Å². The molecule has 4 N–H and O–H groups in total. The van der Waals surface area contributed by atoms with Crippen LogP contribution < -0.4 is 35.5 Å². The highest BCUT2D eigenvalue weighted by Gasteiger charge is 2.29. The Labute approximate surface area is 266 Å². The van der Waals surface area contributed by atoms with Crippen molar-refractivity contribution >= 4 is 23.5 Å². The minimum absolute atomic E-state index is 0.0157. The number of ether oxygens (including phenoxy) is 3. The van der Waals surface area contributed by atoms with Gasteiger partial charge in [0.25, 0.3) is 5.91 Å². The van der Waals surface area contributed by atoms with Crippen molar-refractivity contribution in [1.29, 1.82) is 0 Å². The van der Waals surface area contributed by atoms with Gasteiger partial charge in [0, 0.05) is 30.9 Å². The zero-order valence-corrected chi connectivity index (χ0v) is 25.6. The van der Waals surface area contributed by atoms with Gasteiger partial charge in [-0.05, 0) is 62.1 Å². The van der Waals surface area contributed by atoms with E-state index in [1.54, 1.807) is 18.2 Å². The van der Waals surface area contributed by atoms with Crippen molar-refractivity contribution in [2.75, 3.05) is 43.5 Å². The summed E-state index contributed by atoms with van der Waals surface area (Å²) in [6.45, 7) is 1.41. The van der Waals surface area contributed by atoms with Crippen molar-refractivity contribution in [2.24, 2.45) is 0 Å². The zero-order valence-electron chi connectivity index (χ0n) is 25.6. The molecular formula is C32H40F3N7O4. The predicted octanol–water partition coefficient (Wildman–Crippen LogP) is 5.76. The fourth-order valence-electron chi connectivity index (χ4n) is 5.14. The summed E-state index contributed by atoms with van der Waals surface area (Å²) in [6, 6.07) is 12.0. The third-order valence-corrected chi connectivity index (χ3v) is 7.53. The first-order valence-electron chi connectivity index (χ1n) is 15.8. The van der Waals surface area contributed by atoms with Crippen LogP contribution in [-0.2, 0) is 6.54 Å². The van der Waals surface area contributed by atoms with E-state index in [9.17, 15) is 18.0 Å². The summed E-state index contributed by atoms with van der Waals surface area (Å²) >= 11 is 0. The SMILES string of the molecule is O=C(NC1CCCNC1)c1ccc2cc1OCCCCCCCCOc1ccc(cc1)CNc1nc(nc(OCC(F)(F)F)n1)N2. The van der Waals surface area contributed by atoms with Gasteiger partial charge in [-0.3, -0.25) is 4.79 Å². The Bertz CT molecular complexity index is 1420. The second-order valence-corrected chi connectivity index (χ2v) is 11.3. The van der Waals surface area contributed by atoms with E-state index in [2.05, 4.69) is 36.2 Å². The van der Waals surface area contributed by atoms with Crippen LogP contribution in [0.2, 0.25) is 0 Å². The highest BCUT2D eigenvalue weighted by atomic mass is 19.4. The van der Waals surface area contributed by atoms with Gasteiger partial charge in [-0.2, -0.15) is 28.1 Å². The topological polar surface area (TPSA) is 132 Å². The molecule has 0 aliphatic carbocycles. The number of aromatic nitrogens is 3. The number of hydrogen-bond acceptors (Lipinski definition) is 10. The molecule has 248 valence electrons. The molecule has 2 aromatic carbocycles. The normalized spacial score (nSPS) is 18.2. The number of alkyl halides is 3. The molecule has 14 heteroatoms. The fourth-order valence-corrected chi connectivity index (χ4v) is 5.14. The monoisotopic (exact) mass is 643 g/mol. The summed E-state index contributed by atoms with van der Waals surface area (Å²) in [5, 5.41) is 12.4. The van der Waals surface area contributed by atoms with E-state index in [4.69, 9.17) is 14.2 Å². The number of carbonyl (C=O) groups is 1. The van der Waals surface area contributed by atoms with Crippen LogP contribution in [0.3, 0.4) is 0 Å². The Balaban J connectivity index is 1.39. The number of anilines is 3. The van der Waals surface area contributed by atoms with Crippen LogP contribution in [-0.4, -0.2) is 66.0 Å². The lowest BCUT2D eigenvalue weighted by Gasteiger charge is -2.24. The summed E-state index contributed by atoms with van der Waals surface area (Å²) in [5.41, 5.74) is 1.75. The maximum Gasteiger partial charge on any atom is 0.422 e. The molecule has 1 atom stereocenters. The van der Waals surface area contributed by atoms with Crippen molar-refractivity contribution in [2.45, 2.75) is 70.1 Å². The number of nitrogens with zero attached hydrogens (tertiary/aromatic N) is 3. The number of amides is 1. The summed E-state index contributed by atoms with van der Waals surface area (Å²) in [4.78, 5) is 25.7. The highest BCUT2D eigenvalue weighted by molar-refractivity contribution is 5.97. The lowest BCUT2D eigenvalue weighted by atomic mass is 10.1. The zero-order chi connectivity index (χ0) is 32.2. The number of fused-ring (bicyclic) bond motifs is 12. The van der Waals surface area contributed by atoms with E-state index in [-0.39, 0.29) is 23.8 Å². The Kier molecular flexibility index (Phi) is 11.7. The molecule has 3 aliphatic heterocycles. The molecule has 1 saturated heterocycles. The summed E-state index contributed by atoms with van der Waals surface area (Å²) in [7, 11) is 0. The largest absolute Gasteiger partial charge is 0.494 e. The van der Waals surface area contributed by atoms with Crippen LogP contribution in [0.4, 0.5) is 30.8 Å². The molecule has 11 nitrogen and oxygen atoms in total. The van der Waals surface area contributed by atoms with Gasteiger partial charge in [0.2, 0.25) is 11.9 Å². The predicted molar refractivity (Wildman–Crippen MR) is 167 cm³/mol. The minimum atomic E-state index is -4.58. The van der Waals surface area contributed by atoms with Crippen molar-refractivity contribution < 1.29 is 32.2 Å². The van der Waals surface area contributed by atoms with E-state index in [0.29, 0.717) is 43.3 Å². The molecule has 4 heterocycles. The van der Waals surface area contributed by atoms with Gasteiger partial charge in [0.1, 0.15) is 11.5 Å². The van der Waals surface area contributed by atoms with Gasteiger partial charge < -0.3 is 35.5 Å². The third-order valence-electron chi connectivity index (χ3n) is 7.53. The molecule has 46 heavy (non-hydrogen) atoms. The number of carbonyl (C=O) groups excluding carboxylic acids is 1. The Morgan fingerprint density at radius 1 is 0.913 bits per heavy atom. The lowest BCUT2D eigenvalue weighted by Crippen LogP contribution is -2.45. The van der Waals surface area contributed by atoms with Gasteiger partial charge in [-0.25, -0.2) is 0 Å². The van der Waals surface area contributed by atoms with Crippen LogP contribution in [0.1, 0.15) is 67.3 Å². The molecule has 0 radical (unpaired) electrons. The number of piperidine rings is 1. The van der Waals surface area contributed by atoms with E-state index in [1.807, 2.05) is 24.3 Å². The first-order valence-corrected chi connectivity index (χ1v) is 15.8. The first kappa shape index (κ1) is 33.0. The smallest absolute Gasteiger partial charge is 0.422 e. The molecule has 1 unspecified atom stereocenters. The van der Waals surface area contributed by atoms with Gasteiger partial charge in [-0.1, -0.05) is 37.8 Å². The second kappa shape index (κ2) is 16.3. The van der Waals surface area contributed by atoms with E-state index < -0.39 is 18.8 Å². The number of nitrogens with one attached hydrogen (secondary N) is 4. The summed E-state index contributed by atoms with van der Waals surface area (Å²) in [6.07, 6.45) is 3.27. The molecule has 0 spiro atoms. The number of halogens is 3. The van der Waals surface area contributed by atoms with Crippen molar-refractivity contribution in [1.82, 2.24) is 25.6 Å². The molecule has 3 aliphatic rings. The summed E-state index contributed by atoms with van der Waals surface area (Å²) < 4.78 is 55.6. The van der Waals surface area contributed by atoms with Crippen molar-refractivity contribution in [3.8, 4) is 17.5 Å². The average Bonchev–Trinajstić information content (AvgIpc) is 3.04. The highest BCUT2D eigenvalue weighted by Crippen LogP contribution is 2.27. The molecule has 3 aromatic rings. The van der Waals surface area contributed by atoms with E-state index in [0.717, 1.165) is 69.2 Å². The van der Waals surface area contributed by atoms with Gasteiger partial charge in [-0.15, -0.1) is 0 Å². The van der Waals surface area contributed by atoms with Crippen LogP contribution in [0.5, 0.6) is 17.5 Å².